The van der Waals surface area contributed by atoms with Crippen LogP contribution in [0.1, 0.15) is 40.2 Å². The Balaban J connectivity index is 1.41. The topological polar surface area (TPSA) is 78.6 Å². The molecule has 1 fully saturated rings. The number of halogens is 3. The molecule has 3 aromatic rings. The van der Waals surface area contributed by atoms with Gasteiger partial charge in [0.2, 0.25) is 0 Å². The van der Waals surface area contributed by atoms with E-state index in [9.17, 15) is 23.1 Å². The predicted molar refractivity (Wildman–Crippen MR) is 119 cm³/mol. The van der Waals surface area contributed by atoms with E-state index in [0.717, 1.165) is 43.8 Å². The summed E-state index contributed by atoms with van der Waals surface area (Å²) in [5.74, 6) is 0.433. The van der Waals surface area contributed by atoms with Crippen LogP contribution in [0.4, 0.5) is 18.3 Å². The molecule has 3 heterocycles. The van der Waals surface area contributed by atoms with Gasteiger partial charge in [0.05, 0.1) is 16.8 Å². The average molecular weight is 480 g/mol. The van der Waals surface area contributed by atoms with E-state index < -0.39 is 17.6 Å². The van der Waals surface area contributed by atoms with Gasteiger partial charge in [-0.3, -0.25) is 15.0 Å². The molecule has 1 aliphatic rings. The molecule has 176 valence electrons. The van der Waals surface area contributed by atoms with Crippen LogP contribution in [0, 0.1) is 12.8 Å². The number of alkyl halides is 3. The summed E-state index contributed by atoms with van der Waals surface area (Å²) >= 11 is 1.31. The van der Waals surface area contributed by atoms with Crippen molar-refractivity contribution < 1.29 is 27.5 Å². The summed E-state index contributed by atoms with van der Waals surface area (Å²) in [6.45, 7) is 4.29. The number of hydrogen-bond acceptors (Lipinski definition) is 6. The number of likely N-dealkylation sites (tertiary alicyclic amines) is 1. The minimum Gasteiger partial charge on any atom is -0.461 e. The molecule has 1 amide bonds. The van der Waals surface area contributed by atoms with Gasteiger partial charge in [0.25, 0.3) is 5.91 Å². The highest BCUT2D eigenvalue weighted by atomic mass is 32.1. The fraction of sp³-hybridized carbons (Fsp3) is 0.391. The lowest BCUT2D eigenvalue weighted by Gasteiger charge is -2.30. The quantitative estimate of drug-likeness (QED) is 0.509. The zero-order valence-corrected chi connectivity index (χ0v) is 18.8. The second-order valence-electron chi connectivity index (χ2n) is 8.16. The monoisotopic (exact) mass is 479 g/mol. The molecule has 33 heavy (non-hydrogen) atoms. The Morgan fingerprint density at radius 1 is 1.30 bits per heavy atom. The van der Waals surface area contributed by atoms with E-state index in [1.54, 1.807) is 6.92 Å². The molecule has 6 nitrogen and oxygen atoms in total. The molecule has 2 N–H and O–H groups in total. The van der Waals surface area contributed by atoms with Gasteiger partial charge in [-0.1, -0.05) is 12.1 Å². The van der Waals surface area contributed by atoms with Crippen LogP contribution in [0.25, 0.3) is 11.3 Å². The first-order valence-electron chi connectivity index (χ1n) is 10.6. The number of hydrogen-bond donors (Lipinski definition) is 2. The van der Waals surface area contributed by atoms with Crippen LogP contribution in [0.3, 0.4) is 0 Å². The highest BCUT2D eigenvalue weighted by Gasteiger charge is 2.31. The largest absolute Gasteiger partial charge is 0.461 e. The summed E-state index contributed by atoms with van der Waals surface area (Å²) in [7, 11) is 0. The van der Waals surface area contributed by atoms with Crippen LogP contribution in [0.15, 0.2) is 40.1 Å². The molecular weight excluding hydrogens is 455 g/mol. The molecule has 1 saturated heterocycles. The molecular formula is C23H24F3N3O3S. The van der Waals surface area contributed by atoms with E-state index in [2.05, 4.69) is 15.2 Å². The highest BCUT2D eigenvalue weighted by Crippen LogP contribution is 2.33. The van der Waals surface area contributed by atoms with Gasteiger partial charge in [-0.05, 0) is 57.0 Å². The molecule has 0 unspecified atom stereocenters. The molecule has 0 saturated carbocycles. The lowest BCUT2D eigenvalue weighted by Crippen LogP contribution is -2.34. The number of aliphatic hydroxyl groups is 1. The van der Waals surface area contributed by atoms with E-state index in [1.807, 2.05) is 5.38 Å². The Bertz CT molecular complexity index is 1120. The van der Waals surface area contributed by atoms with Crippen molar-refractivity contribution in [3.8, 4) is 11.3 Å². The third-order valence-electron chi connectivity index (χ3n) is 5.76. The molecule has 0 radical (unpaired) electrons. The number of nitrogens with zero attached hydrogens (tertiary/aromatic N) is 2. The van der Waals surface area contributed by atoms with Crippen molar-refractivity contribution in [1.29, 1.82) is 0 Å². The van der Waals surface area contributed by atoms with Crippen molar-refractivity contribution in [2.45, 2.75) is 32.5 Å². The summed E-state index contributed by atoms with van der Waals surface area (Å²) < 4.78 is 44.6. The normalized spacial score (nSPS) is 15.7. The van der Waals surface area contributed by atoms with Crippen LogP contribution in [-0.4, -0.2) is 40.6 Å². The Morgan fingerprint density at radius 2 is 2.06 bits per heavy atom. The van der Waals surface area contributed by atoms with Crippen molar-refractivity contribution in [3.63, 3.8) is 0 Å². The summed E-state index contributed by atoms with van der Waals surface area (Å²) in [4.78, 5) is 19.5. The number of amides is 1. The van der Waals surface area contributed by atoms with E-state index in [4.69, 9.17) is 4.42 Å². The Labute approximate surface area is 193 Å². The number of aromatic nitrogens is 1. The van der Waals surface area contributed by atoms with Gasteiger partial charge in [0.15, 0.2) is 5.13 Å². The Hall–Kier alpha value is -2.69. The van der Waals surface area contributed by atoms with Gasteiger partial charge in [0, 0.05) is 24.1 Å². The molecule has 1 aromatic carbocycles. The first-order valence-corrected chi connectivity index (χ1v) is 11.5. The van der Waals surface area contributed by atoms with Gasteiger partial charge in [0.1, 0.15) is 11.5 Å². The van der Waals surface area contributed by atoms with Crippen LogP contribution >= 0.6 is 11.3 Å². The lowest BCUT2D eigenvalue weighted by molar-refractivity contribution is -0.137. The maximum absolute atomic E-state index is 13.0. The number of nitrogens with one attached hydrogen (secondary N) is 1. The number of thiazole rings is 1. The number of carbonyl (C=O) groups excluding carboxylic acids is 1. The number of piperidine rings is 1. The van der Waals surface area contributed by atoms with Gasteiger partial charge in [-0.2, -0.15) is 13.2 Å². The third kappa shape index (κ3) is 5.63. The SMILES string of the molecule is Cc1oc(-c2cccc(C(F)(F)F)c2)cc1C(=O)Nc1nc(CN2CCC(CO)CC2)cs1. The summed E-state index contributed by atoms with van der Waals surface area (Å²) in [5, 5.41) is 14.3. The van der Waals surface area contributed by atoms with Crippen LogP contribution < -0.4 is 5.32 Å². The highest BCUT2D eigenvalue weighted by molar-refractivity contribution is 7.14. The van der Waals surface area contributed by atoms with Gasteiger partial charge in [-0.15, -0.1) is 11.3 Å². The van der Waals surface area contributed by atoms with E-state index >= 15 is 0 Å². The standard InChI is InChI=1S/C23H24F3N3O3S/c1-14-19(10-20(32-14)16-3-2-4-17(9-16)23(24,25)26)21(31)28-22-27-18(13-33-22)11-29-7-5-15(12-30)6-8-29/h2-4,9-10,13,15,30H,5-8,11-12H2,1H3,(H,27,28,31). The molecule has 2 aromatic heterocycles. The smallest absolute Gasteiger partial charge is 0.416 e. The third-order valence-corrected chi connectivity index (χ3v) is 6.57. The van der Waals surface area contributed by atoms with Gasteiger partial charge < -0.3 is 9.52 Å². The van der Waals surface area contributed by atoms with Crippen molar-refractivity contribution in [2.24, 2.45) is 5.92 Å². The van der Waals surface area contributed by atoms with Gasteiger partial charge >= 0.3 is 6.18 Å². The number of carbonyl (C=O) groups is 1. The second-order valence-corrected chi connectivity index (χ2v) is 9.02. The number of furan rings is 1. The van der Waals surface area contributed by atoms with E-state index in [1.165, 1.54) is 29.5 Å². The number of benzene rings is 1. The van der Waals surface area contributed by atoms with Crippen LogP contribution in [0.5, 0.6) is 0 Å². The maximum Gasteiger partial charge on any atom is 0.416 e. The summed E-state index contributed by atoms with van der Waals surface area (Å²) in [6, 6.07) is 6.24. The van der Waals surface area contributed by atoms with Crippen LogP contribution in [0.2, 0.25) is 0 Å². The lowest BCUT2D eigenvalue weighted by atomic mass is 9.98. The average Bonchev–Trinajstić information content (AvgIpc) is 3.40. The van der Waals surface area contributed by atoms with Crippen molar-refractivity contribution in [2.75, 3.05) is 25.0 Å². The molecule has 4 rings (SSSR count). The zero-order valence-electron chi connectivity index (χ0n) is 18.0. The van der Waals surface area contributed by atoms with Gasteiger partial charge in [-0.25, -0.2) is 4.98 Å². The Morgan fingerprint density at radius 3 is 2.76 bits per heavy atom. The number of aliphatic hydroxyl groups excluding tert-OH is 1. The van der Waals surface area contributed by atoms with Crippen LogP contribution in [-0.2, 0) is 12.7 Å². The number of rotatable bonds is 6. The summed E-state index contributed by atoms with van der Waals surface area (Å²) in [6.07, 6.45) is -2.55. The molecule has 10 heteroatoms. The second kappa shape index (κ2) is 9.66. The minimum atomic E-state index is -4.46. The van der Waals surface area contributed by atoms with Crippen molar-refractivity contribution in [3.05, 3.63) is 58.3 Å². The molecule has 0 spiro atoms. The molecule has 0 bridgehead atoms. The van der Waals surface area contributed by atoms with Crippen molar-refractivity contribution in [1.82, 2.24) is 9.88 Å². The number of aryl methyl sites for hydroxylation is 1. The maximum atomic E-state index is 13.0. The first-order chi connectivity index (χ1) is 15.7. The van der Waals surface area contributed by atoms with E-state index in [-0.39, 0.29) is 23.5 Å². The first kappa shape index (κ1) is 23.5. The molecule has 0 atom stereocenters. The predicted octanol–water partition coefficient (Wildman–Crippen LogP) is 5.19. The molecule has 1 aliphatic heterocycles. The fourth-order valence-corrected chi connectivity index (χ4v) is 4.55. The molecule has 0 aliphatic carbocycles. The fourth-order valence-electron chi connectivity index (χ4n) is 3.86. The Kier molecular flexibility index (Phi) is 6.87. The zero-order chi connectivity index (χ0) is 23.6. The minimum absolute atomic E-state index is 0.190. The summed E-state index contributed by atoms with van der Waals surface area (Å²) in [5.41, 5.74) is 0.556. The van der Waals surface area contributed by atoms with Crippen molar-refractivity contribution >= 4 is 22.4 Å². The van der Waals surface area contributed by atoms with E-state index in [0.29, 0.717) is 23.4 Å². The number of anilines is 1.